The van der Waals surface area contributed by atoms with Crippen LogP contribution in [0.25, 0.3) is 0 Å². The van der Waals surface area contributed by atoms with Crippen molar-refractivity contribution >= 4 is 0 Å². The predicted molar refractivity (Wildman–Crippen MR) is 85.1 cm³/mol. The van der Waals surface area contributed by atoms with Crippen LogP contribution in [0.2, 0.25) is 0 Å². The van der Waals surface area contributed by atoms with Crippen LogP contribution in [0.3, 0.4) is 0 Å². The molecule has 3 atom stereocenters. The number of benzene rings is 1. The SMILES string of the molecule is CCCNC(c1ccc(C)cc1C)C1CCOC1CC. The number of aryl methyl sites for hydroxylation is 2. The third kappa shape index (κ3) is 3.42. The Morgan fingerprint density at radius 3 is 2.75 bits per heavy atom. The fraction of sp³-hybridized carbons (Fsp3) is 0.667. The number of hydrogen-bond acceptors (Lipinski definition) is 2. The normalized spacial score (nSPS) is 24.0. The second-order valence-electron chi connectivity index (χ2n) is 6.06. The summed E-state index contributed by atoms with van der Waals surface area (Å²) in [6.07, 6.45) is 3.86. The highest BCUT2D eigenvalue weighted by Gasteiger charge is 2.34. The summed E-state index contributed by atoms with van der Waals surface area (Å²) in [5.74, 6) is 0.605. The van der Waals surface area contributed by atoms with Crippen LogP contribution in [0.1, 0.15) is 55.8 Å². The molecule has 0 spiro atoms. The average molecular weight is 275 g/mol. The maximum atomic E-state index is 5.92. The van der Waals surface area contributed by atoms with Gasteiger partial charge < -0.3 is 10.1 Å². The van der Waals surface area contributed by atoms with Gasteiger partial charge in [-0.3, -0.25) is 0 Å². The fourth-order valence-electron chi connectivity index (χ4n) is 3.43. The van der Waals surface area contributed by atoms with Crippen LogP contribution in [-0.2, 0) is 4.74 Å². The molecule has 1 N–H and O–H groups in total. The summed E-state index contributed by atoms with van der Waals surface area (Å²) in [7, 11) is 0. The lowest BCUT2D eigenvalue weighted by Crippen LogP contribution is -2.33. The molecule has 1 saturated heterocycles. The molecule has 3 unspecified atom stereocenters. The van der Waals surface area contributed by atoms with Crippen LogP contribution in [0.5, 0.6) is 0 Å². The van der Waals surface area contributed by atoms with Gasteiger partial charge in [0.1, 0.15) is 0 Å². The van der Waals surface area contributed by atoms with Crippen LogP contribution in [0, 0.1) is 19.8 Å². The molecule has 2 nitrogen and oxygen atoms in total. The number of ether oxygens (including phenoxy) is 1. The lowest BCUT2D eigenvalue weighted by atomic mass is 9.84. The largest absolute Gasteiger partial charge is 0.378 e. The van der Waals surface area contributed by atoms with Gasteiger partial charge in [0.15, 0.2) is 0 Å². The van der Waals surface area contributed by atoms with Gasteiger partial charge in [0, 0.05) is 18.6 Å². The second kappa shape index (κ2) is 7.24. The quantitative estimate of drug-likeness (QED) is 0.841. The van der Waals surface area contributed by atoms with E-state index in [2.05, 4.69) is 51.2 Å². The second-order valence-corrected chi connectivity index (χ2v) is 6.06. The molecule has 1 aromatic carbocycles. The first-order chi connectivity index (χ1) is 9.67. The van der Waals surface area contributed by atoms with E-state index in [1.165, 1.54) is 29.5 Å². The van der Waals surface area contributed by atoms with Crippen molar-refractivity contribution in [2.24, 2.45) is 5.92 Å². The number of rotatable bonds is 6. The molecule has 1 aliphatic rings. The molecule has 0 aliphatic carbocycles. The first-order valence-corrected chi connectivity index (χ1v) is 8.09. The topological polar surface area (TPSA) is 21.3 Å². The first kappa shape index (κ1) is 15.5. The Labute approximate surface area is 123 Å². The number of hydrogen-bond donors (Lipinski definition) is 1. The van der Waals surface area contributed by atoms with Crippen molar-refractivity contribution in [3.05, 3.63) is 34.9 Å². The number of nitrogens with one attached hydrogen (secondary N) is 1. The highest BCUT2D eigenvalue weighted by atomic mass is 16.5. The minimum atomic E-state index is 0.407. The van der Waals surface area contributed by atoms with Crippen LogP contribution in [-0.4, -0.2) is 19.3 Å². The van der Waals surface area contributed by atoms with E-state index < -0.39 is 0 Å². The van der Waals surface area contributed by atoms with Gasteiger partial charge >= 0.3 is 0 Å². The molecule has 1 heterocycles. The molecule has 2 heteroatoms. The first-order valence-electron chi connectivity index (χ1n) is 8.09. The molecule has 0 aromatic heterocycles. The van der Waals surface area contributed by atoms with Gasteiger partial charge in [0.2, 0.25) is 0 Å². The van der Waals surface area contributed by atoms with Crippen molar-refractivity contribution in [2.75, 3.05) is 13.2 Å². The molecule has 0 bridgehead atoms. The van der Waals surface area contributed by atoms with Gasteiger partial charge in [-0.15, -0.1) is 0 Å². The van der Waals surface area contributed by atoms with Gasteiger partial charge in [0.25, 0.3) is 0 Å². The molecule has 1 aromatic rings. The molecular formula is C18H29NO. The lowest BCUT2D eigenvalue weighted by Gasteiger charge is -2.30. The van der Waals surface area contributed by atoms with Crippen molar-refractivity contribution in [3.8, 4) is 0 Å². The molecule has 0 amide bonds. The molecule has 1 aliphatic heterocycles. The Hall–Kier alpha value is -0.860. The van der Waals surface area contributed by atoms with E-state index >= 15 is 0 Å². The summed E-state index contributed by atoms with van der Waals surface area (Å²) in [6, 6.07) is 7.28. The molecule has 0 saturated carbocycles. The Balaban J connectivity index is 2.26. The zero-order chi connectivity index (χ0) is 14.5. The molecule has 0 radical (unpaired) electrons. The average Bonchev–Trinajstić information content (AvgIpc) is 2.89. The molecule has 2 rings (SSSR count). The summed E-state index contributed by atoms with van der Waals surface area (Å²) in [4.78, 5) is 0. The smallest absolute Gasteiger partial charge is 0.0619 e. The van der Waals surface area contributed by atoms with Crippen LogP contribution in [0.4, 0.5) is 0 Å². The van der Waals surface area contributed by atoms with Gasteiger partial charge in [-0.2, -0.15) is 0 Å². The van der Waals surface area contributed by atoms with Crippen molar-refractivity contribution in [1.29, 1.82) is 0 Å². The predicted octanol–water partition coefficient (Wildman–Crippen LogP) is 4.16. The Kier molecular flexibility index (Phi) is 5.62. The maximum absolute atomic E-state index is 5.92. The van der Waals surface area contributed by atoms with E-state index in [1.54, 1.807) is 0 Å². The fourth-order valence-corrected chi connectivity index (χ4v) is 3.43. The van der Waals surface area contributed by atoms with Crippen LogP contribution in [0.15, 0.2) is 18.2 Å². The highest BCUT2D eigenvalue weighted by Crippen LogP contribution is 2.36. The molecule has 20 heavy (non-hydrogen) atoms. The highest BCUT2D eigenvalue weighted by molar-refractivity contribution is 5.33. The summed E-state index contributed by atoms with van der Waals surface area (Å²) in [5, 5.41) is 3.77. The third-order valence-corrected chi connectivity index (χ3v) is 4.47. The maximum Gasteiger partial charge on any atom is 0.0619 e. The molecule has 1 fully saturated rings. The van der Waals surface area contributed by atoms with Crippen molar-refractivity contribution in [3.63, 3.8) is 0 Å². The third-order valence-electron chi connectivity index (χ3n) is 4.47. The lowest BCUT2D eigenvalue weighted by molar-refractivity contribution is 0.0773. The van der Waals surface area contributed by atoms with Crippen molar-refractivity contribution in [1.82, 2.24) is 5.32 Å². The van der Waals surface area contributed by atoms with Crippen LogP contribution < -0.4 is 5.32 Å². The van der Waals surface area contributed by atoms with Gasteiger partial charge in [-0.05, 0) is 50.8 Å². The summed E-state index contributed by atoms with van der Waals surface area (Å²) in [5.41, 5.74) is 4.20. The van der Waals surface area contributed by atoms with Crippen molar-refractivity contribution in [2.45, 2.75) is 59.1 Å². The zero-order valence-electron chi connectivity index (χ0n) is 13.4. The Morgan fingerprint density at radius 2 is 2.10 bits per heavy atom. The summed E-state index contributed by atoms with van der Waals surface area (Å²) < 4.78 is 5.92. The molecule has 112 valence electrons. The minimum absolute atomic E-state index is 0.407. The summed E-state index contributed by atoms with van der Waals surface area (Å²) in [6.45, 7) is 10.9. The van der Waals surface area contributed by atoms with Gasteiger partial charge in [-0.25, -0.2) is 0 Å². The summed E-state index contributed by atoms with van der Waals surface area (Å²) >= 11 is 0. The minimum Gasteiger partial charge on any atom is -0.378 e. The van der Waals surface area contributed by atoms with E-state index in [9.17, 15) is 0 Å². The van der Waals surface area contributed by atoms with Gasteiger partial charge in [0.05, 0.1) is 6.10 Å². The Morgan fingerprint density at radius 1 is 1.30 bits per heavy atom. The Bertz CT molecular complexity index is 429. The van der Waals surface area contributed by atoms with E-state index in [0.717, 1.165) is 19.6 Å². The van der Waals surface area contributed by atoms with Crippen molar-refractivity contribution < 1.29 is 4.74 Å². The van der Waals surface area contributed by atoms with E-state index in [-0.39, 0.29) is 0 Å². The van der Waals surface area contributed by atoms with Gasteiger partial charge in [-0.1, -0.05) is 37.6 Å². The standard InChI is InChI=1S/C18H29NO/c1-5-10-19-18(16-9-11-20-17(16)6-2)15-8-7-13(3)12-14(15)4/h7-8,12,16-19H,5-6,9-11H2,1-4H3. The van der Waals surface area contributed by atoms with E-state index in [0.29, 0.717) is 18.1 Å². The molecular weight excluding hydrogens is 246 g/mol. The zero-order valence-corrected chi connectivity index (χ0v) is 13.4. The monoisotopic (exact) mass is 275 g/mol. The van der Waals surface area contributed by atoms with E-state index in [1.807, 2.05) is 0 Å². The van der Waals surface area contributed by atoms with E-state index in [4.69, 9.17) is 4.74 Å². The van der Waals surface area contributed by atoms with Crippen LogP contribution >= 0.6 is 0 Å².